The average Bonchev–Trinajstić information content (AvgIpc) is 2.55. The summed E-state index contributed by atoms with van der Waals surface area (Å²) < 4.78 is 218. The molecule has 0 saturated heterocycles. The first-order valence-electron chi connectivity index (χ1n) is 7.11. The quantitative estimate of drug-likeness (QED) is 0.268. The van der Waals surface area contributed by atoms with Crippen LogP contribution in [0, 0.1) is 0 Å². The highest BCUT2D eigenvalue weighted by molar-refractivity contribution is 6.63. The number of rotatable bonds is 10. The van der Waals surface area contributed by atoms with Crippen LogP contribution in [0.5, 0.6) is 0 Å². The number of alkyl halides is 16. The van der Waals surface area contributed by atoms with Gasteiger partial charge in [0.1, 0.15) is 0 Å². The molecule has 0 unspecified atom stereocenters. The van der Waals surface area contributed by atoms with Crippen molar-refractivity contribution in [3.63, 3.8) is 0 Å². The van der Waals surface area contributed by atoms with Crippen LogP contribution < -0.4 is 0 Å². The number of hydrogen-bond donors (Lipinski definition) is 0. The first-order valence-corrected chi connectivity index (χ1v) is 8.84. The molecule has 0 N–H and O–H groups in total. The first-order chi connectivity index (χ1) is 13.3. The molecule has 0 aliphatic heterocycles. The van der Waals surface area contributed by atoms with Crippen molar-refractivity contribution in [1.82, 2.24) is 0 Å². The Balaban J connectivity index is 6.52. The zero-order valence-corrected chi connectivity index (χ0v) is 15.7. The van der Waals surface area contributed by atoms with E-state index in [1.807, 2.05) is 0 Å². The van der Waals surface area contributed by atoms with Crippen LogP contribution in [-0.2, 0) is 13.3 Å². The van der Waals surface area contributed by atoms with Gasteiger partial charge in [0.05, 0.1) is 0 Å². The predicted molar refractivity (Wildman–Crippen MR) is 66.9 cm³/mol. The minimum atomic E-state index is -7.94. The third-order valence-corrected chi connectivity index (χ3v) is 6.20. The molecule has 3 nitrogen and oxygen atoms in total. The van der Waals surface area contributed by atoms with Crippen LogP contribution in [0.2, 0.25) is 0 Å². The van der Waals surface area contributed by atoms with Gasteiger partial charge in [0.2, 0.25) is 0 Å². The molecular weight excluding hydrogens is 512 g/mol. The summed E-state index contributed by atoms with van der Waals surface area (Å²) in [5, 5.41) is 0. The van der Waals surface area contributed by atoms with Crippen LogP contribution in [0.25, 0.3) is 0 Å². The lowest BCUT2D eigenvalue weighted by Crippen LogP contribution is -2.76. The molecule has 0 atom stereocenters. The second-order valence-electron chi connectivity index (χ2n) is 5.63. The molecule has 0 bridgehead atoms. The van der Waals surface area contributed by atoms with Crippen molar-refractivity contribution in [1.29, 1.82) is 0 Å². The first kappa shape index (κ1) is 30.0. The third-order valence-electron chi connectivity index (χ3n) is 3.54. The van der Waals surface area contributed by atoms with Crippen molar-refractivity contribution in [2.75, 3.05) is 14.2 Å². The monoisotopic (exact) mass is 522 g/mol. The van der Waals surface area contributed by atoms with Crippen molar-refractivity contribution in [2.45, 2.75) is 54.6 Å². The summed E-state index contributed by atoms with van der Waals surface area (Å²) in [7, 11) is -8.01. The normalized spacial score (nSPS) is 16.1. The molecule has 31 heavy (non-hydrogen) atoms. The molecule has 0 fully saturated rings. The zero-order valence-electron chi connectivity index (χ0n) is 14.7. The predicted octanol–water partition coefficient (Wildman–Crippen LogP) is 5.81. The summed E-state index contributed by atoms with van der Waals surface area (Å²) in [6, 6.07) is 0. The fourth-order valence-corrected chi connectivity index (χ4v) is 3.73. The van der Waals surface area contributed by atoms with Crippen LogP contribution in [0.4, 0.5) is 70.2 Å². The van der Waals surface area contributed by atoms with Gasteiger partial charge in [0.15, 0.2) is 0 Å². The van der Waals surface area contributed by atoms with Gasteiger partial charge in [-0.1, -0.05) is 0 Å². The van der Waals surface area contributed by atoms with Crippen molar-refractivity contribution >= 4 is 8.80 Å². The molecule has 0 aromatic rings. The zero-order chi connectivity index (χ0) is 25.5. The molecule has 20 heteroatoms. The Morgan fingerprint density at radius 2 is 0.935 bits per heavy atom. The van der Waals surface area contributed by atoms with E-state index in [1.165, 1.54) is 0 Å². The summed E-state index contributed by atoms with van der Waals surface area (Å²) in [5.74, 6) is -30.1. The molecule has 0 aromatic carbocycles. The molecule has 0 rings (SSSR count). The fourth-order valence-electron chi connectivity index (χ4n) is 1.91. The standard InChI is InChI=1S/C11H10F16O3Si/c1-28-31(29-2,30-11(25,26)27)10(23,24)9(21,22)8(19,20)7(17,18)5(12,13)3-4-6(14,15)16/h3-4H2,1-2H3. The van der Waals surface area contributed by atoms with Crippen LogP contribution in [0.1, 0.15) is 12.8 Å². The maximum Gasteiger partial charge on any atom is 0.588 e. The Morgan fingerprint density at radius 3 is 1.23 bits per heavy atom. The molecule has 0 spiro atoms. The Kier molecular flexibility index (Phi) is 8.12. The van der Waals surface area contributed by atoms with Gasteiger partial charge in [-0.3, -0.25) is 4.43 Å². The van der Waals surface area contributed by atoms with E-state index in [4.69, 9.17) is 0 Å². The van der Waals surface area contributed by atoms with Gasteiger partial charge in [0, 0.05) is 27.1 Å². The van der Waals surface area contributed by atoms with Gasteiger partial charge in [-0.25, -0.2) is 0 Å². The Morgan fingerprint density at radius 1 is 0.548 bits per heavy atom. The highest BCUT2D eigenvalue weighted by atomic mass is 28.4. The lowest BCUT2D eigenvalue weighted by molar-refractivity contribution is -0.401. The second-order valence-corrected chi connectivity index (χ2v) is 8.39. The Bertz CT molecular complexity index is 609. The lowest BCUT2D eigenvalue weighted by Gasteiger charge is -2.43. The van der Waals surface area contributed by atoms with Gasteiger partial charge in [0.25, 0.3) is 0 Å². The molecular formula is C11H10F16O3Si. The van der Waals surface area contributed by atoms with Crippen molar-refractivity contribution in [3.8, 4) is 0 Å². The molecule has 0 aliphatic carbocycles. The summed E-state index contributed by atoms with van der Waals surface area (Å²) in [6.45, 7) is 0. The van der Waals surface area contributed by atoms with Crippen molar-refractivity contribution < 1.29 is 83.5 Å². The van der Waals surface area contributed by atoms with Gasteiger partial charge >= 0.3 is 50.6 Å². The van der Waals surface area contributed by atoms with E-state index in [0.29, 0.717) is 0 Å². The topological polar surface area (TPSA) is 27.7 Å². The second kappa shape index (κ2) is 8.40. The molecule has 0 radical (unpaired) electrons. The lowest BCUT2D eigenvalue weighted by atomic mass is 9.95. The highest BCUT2D eigenvalue weighted by Gasteiger charge is 2.92. The maximum absolute atomic E-state index is 14.0. The summed E-state index contributed by atoms with van der Waals surface area (Å²) in [4.78, 5) is 0. The average molecular weight is 522 g/mol. The van der Waals surface area contributed by atoms with Crippen molar-refractivity contribution in [2.24, 2.45) is 0 Å². The smallest absolute Gasteiger partial charge is 0.373 e. The van der Waals surface area contributed by atoms with E-state index < -0.39 is 63.4 Å². The Labute approximate surface area is 162 Å². The minimum Gasteiger partial charge on any atom is -0.373 e. The van der Waals surface area contributed by atoms with Crippen LogP contribution in [0.3, 0.4) is 0 Å². The number of hydrogen-bond acceptors (Lipinski definition) is 3. The van der Waals surface area contributed by atoms with Gasteiger partial charge in [-0.05, 0) is 0 Å². The molecule has 188 valence electrons. The van der Waals surface area contributed by atoms with Gasteiger partial charge in [-0.15, -0.1) is 13.2 Å². The minimum absolute atomic E-state index is 0.264. The largest absolute Gasteiger partial charge is 0.588 e. The van der Waals surface area contributed by atoms with E-state index >= 15 is 0 Å². The third kappa shape index (κ3) is 5.32. The molecule has 0 aromatic heterocycles. The molecule has 0 heterocycles. The maximum atomic E-state index is 14.0. The fraction of sp³-hybridized carbons (Fsp3) is 1.00. The van der Waals surface area contributed by atoms with E-state index in [2.05, 4.69) is 13.3 Å². The van der Waals surface area contributed by atoms with E-state index in [9.17, 15) is 70.2 Å². The summed E-state index contributed by atoms with van der Waals surface area (Å²) >= 11 is 0. The van der Waals surface area contributed by atoms with Crippen LogP contribution >= 0.6 is 0 Å². The van der Waals surface area contributed by atoms with E-state index in [-0.39, 0.29) is 14.2 Å². The SMILES string of the molecule is CO[Si](OC)(OC(F)(F)F)C(F)(F)C(F)(F)C(F)(F)C(F)(F)C(F)(F)CCC(F)(F)F. The van der Waals surface area contributed by atoms with E-state index in [1.54, 1.807) is 0 Å². The van der Waals surface area contributed by atoms with Gasteiger partial charge < -0.3 is 8.85 Å². The molecule has 0 amide bonds. The Hall–Kier alpha value is -1.02. The van der Waals surface area contributed by atoms with E-state index in [0.717, 1.165) is 0 Å². The summed E-state index contributed by atoms with van der Waals surface area (Å²) in [6.07, 6.45) is -18.2. The highest BCUT2D eigenvalue weighted by Crippen LogP contribution is 2.60. The van der Waals surface area contributed by atoms with Gasteiger partial charge in [-0.2, -0.15) is 57.1 Å². The molecule has 0 aliphatic rings. The van der Waals surface area contributed by atoms with Crippen LogP contribution in [-0.4, -0.2) is 64.8 Å². The van der Waals surface area contributed by atoms with Crippen LogP contribution in [0.15, 0.2) is 0 Å². The molecule has 0 saturated carbocycles. The summed E-state index contributed by atoms with van der Waals surface area (Å²) in [5.41, 5.74) is -7.16. The van der Waals surface area contributed by atoms with Crippen molar-refractivity contribution in [3.05, 3.63) is 0 Å². The number of halogens is 16.